The van der Waals surface area contributed by atoms with Crippen LogP contribution in [0.5, 0.6) is 0 Å². The second-order valence-corrected chi connectivity index (χ2v) is 5.06. The Morgan fingerprint density at radius 2 is 1.95 bits per heavy atom. The first kappa shape index (κ1) is 15.0. The van der Waals surface area contributed by atoms with E-state index >= 15 is 0 Å². The Balaban J connectivity index is 2.09. The Kier molecular flexibility index (Phi) is 4.94. The molecule has 1 aromatic heterocycles. The van der Waals surface area contributed by atoms with Crippen molar-refractivity contribution in [2.75, 3.05) is 12.8 Å². The summed E-state index contributed by atoms with van der Waals surface area (Å²) in [4.78, 5) is 22.6. The second-order valence-electron chi connectivity index (χ2n) is 4.12. The predicted molar refractivity (Wildman–Crippen MR) is 79.4 cm³/mol. The van der Waals surface area contributed by atoms with Crippen molar-refractivity contribution in [2.24, 2.45) is 0 Å². The quantitative estimate of drug-likeness (QED) is 0.826. The normalized spacial score (nSPS) is 10.2. The van der Waals surface area contributed by atoms with Gasteiger partial charge in [-0.15, -0.1) is 10.2 Å². The molecule has 0 atom stereocenters. The minimum atomic E-state index is -0.527. The van der Waals surface area contributed by atoms with Crippen molar-refractivity contribution in [3.05, 3.63) is 36.2 Å². The summed E-state index contributed by atoms with van der Waals surface area (Å²) >= 11 is 1.22. The number of imide groups is 1. The third-order valence-corrected chi connectivity index (χ3v) is 3.55. The van der Waals surface area contributed by atoms with Crippen LogP contribution in [0, 0.1) is 6.92 Å². The Hall–Kier alpha value is -2.35. The minimum Gasteiger partial charge on any atom is -0.341 e. The van der Waals surface area contributed by atoms with Crippen LogP contribution in [0.2, 0.25) is 0 Å². The van der Waals surface area contributed by atoms with E-state index in [1.165, 1.54) is 18.8 Å². The van der Waals surface area contributed by atoms with Crippen molar-refractivity contribution in [1.29, 1.82) is 0 Å². The van der Waals surface area contributed by atoms with Gasteiger partial charge in [-0.2, -0.15) is 0 Å². The van der Waals surface area contributed by atoms with E-state index in [0.29, 0.717) is 5.16 Å². The zero-order chi connectivity index (χ0) is 15.2. The number of thioether (sulfide) groups is 1. The predicted octanol–water partition coefficient (Wildman–Crippen LogP) is 1.12. The van der Waals surface area contributed by atoms with Crippen LogP contribution in [0.1, 0.15) is 5.82 Å². The standard InChI is InChI=1S/C13H15N5O2S/c1-9-16-17-13(18(9)10-6-4-3-5-7-10)21-8-11(19)15-12(20)14-2/h3-7H,8H2,1-2H3,(H2,14,15,19,20). The number of rotatable bonds is 4. The van der Waals surface area contributed by atoms with Crippen LogP contribution in [0.15, 0.2) is 35.5 Å². The maximum atomic E-state index is 11.6. The zero-order valence-electron chi connectivity index (χ0n) is 11.7. The maximum absolute atomic E-state index is 11.6. The van der Waals surface area contributed by atoms with Gasteiger partial charge in [0.2, 0.25) is 5.91 Å². The molecule has 1 heterocycles. The van der Waals surface area contributed by atoms with E-state index in [9.17, 15) is 9.59 Å². The summed E-state index contributed by atoms with van der Waals surface area (Å²) in [6, 6.07) is 9.10. The molecule has 0 saturated carbocycles. The molecule has 3 amide bonds. The fraction of sp³-hybridized carbons (Fsp3) is 0.231. The first-order valence-electron chi connectivity index (χ1n) is 6.23. The third kappa shape index (κ3) is 3.82. The number of aromatic nitrogens is 3. The summed E-state index contributed by atoms with van der Waals surface area (Å²) in [6.07, 6.45) is 0. The molecule has 110 valence electrons. The van der Waals surface area contributed by atoms with Crippen LogP contribution in [0.4, 0.5) is 4.79 Å². The Morgan fingerprint density at radius 3 is 2.62 bits per heavy atom. The average Bonchev–Trinajstić information content (AvgIpc) is 2.86. The smallest absolute Gasteiger partial charge is 0.321 e. The Bertz CT molecular complexity index is 641. The molecule has 8 heteroatoms. The van der Waals surface area contributed by atoms with E-state index in [1.807, 2.05) is 41.8 Å². The number of carbonyl (C=O) groups is 2. The van der Waals surface area contributed by atoms with Gasteiger partial charge < -0.3 is 5.32 Å². The maximum Gasteiger partial charge on any atom is 0.321 e. The molecule has 0 radical (unpaired) electrons. The fourth-order valence-corrected chi connectivity index (χ4v) is 2.46. The third-order valence-electron chi connectivity index (χ3n) is 2.62. The van der Waals surface area contributed by atoms with Crippen LogP contribution in [0.25, 0.3) is 5.69 Å². The van der Waals surface area contributed by atoms with Crippen LogP contribution < -0.4 is 10.6 Å². The van der Waals surface area contributed by atoms with Gasteiger partial charge in [-0.1, -0.05) is 30.0 Å². The number of amides is 3. The Labute approximate surface area is 126 Å². The van der Waals surface area contributed by atoms with E-state index < -0.39 is 6.03 Å². The number of benzene rings is 1. The highest BCUT2D eigenvalue weighted by Gasteiger charge is 2.13. The lowest BCUT2D eigenvalue weighted by molar-refractivity contribution is -0.117. The zero-order valence-corrected chi connectivity index (χ0v) is 12.5. The molecule has 21 heavy (non-hydrogen) atoms. The fourth-order valence-electron chi connectivity index (χ4n) is 1.67. The molecule has 2 aromatic rings. The van der Waals surface area contributed by atoms with Crippen LogP contribution >= 0.6 is 11.8 Å². The van der Waals surface area contributed by atoms with Crippen molar-refractivity contribution in [1.82, 2.24) is 25.4 Å². The van der Waals surface area contributed by atoms with Crippen molar-refractivity contribution < 1.29 is 9.59 Å². The summed E-state index contributed by atoms with van der Waals surface area (Å²) in [5, 5.41) is 13.2. The summed E-state index contributed by atoms with van der Waals surface area (Å²) in [5.41, 5.74) is 0.925. The number of urea groups is 1. The van der Waals surface area contributed by atoms with Crippen molar-refractivity contribution in [3.63, 3.8) is 0 Å². The molecule has 0 spiro atoms. The van der Waals surface area contributed by atoms with E-state index in [2.05, 4.69) is 20.8 Å². The van der Waals surface area contributed by atoms with Gasteiger partial charge >= 0.3 is 6.03 Å². The molecule has 0 saturated heterocycles. The molecule has 0 aliphatic carbocycles. The molecule has 7 nitrogen and oxygen atoms in total. The van der Waals surface area contributed by atoms with Gasteiger partial charge in [-0.05, 0) is 19.1 Å². The van der Waals surface area contributed by atoms with Gasteiger partial charge in [0.05, 0.1) is 5.75 Å². The van der Waals surface area contributed by atoms with Crippen molar-refractivity contribution in [2.45, 2.75) is 12.1 Å². The van der Waals surface area contributed by atoms with E-state index in [1.54, 1.807) is 0 Å². The SMILES string of the molecule is CNC(=O)NC(=O)CSc1nnc(C)n1-c1ccccc1. The molecule has 0 aliphatic heterocycles. The van der Waals surface area contributed by atoms with Gasteiger partial charge in [0.25, 0.3) is 0 Å². The van der Waals surface area contributed by atoms with Crippen LogP contribution in [-0.4, -0.2) is 39.5 Å². The van der Waals surface area contributed by atoms with Crippen molar-refractivity contribution >= 4 is 23.7 Å². The van der Waals surface area contributed by atoms with E-state index in [-0.39, 0.29) is 11.7 Å². The number of hydrogen-bond acceptors (Lipinski definition) is 5. The molecule has 0 unspecified atom stereocenters. The molecule has 0 aliphatic rings. The summed E-state index contributed by atoms with van der Waals surface area (Å²) in [5.74, 6) is 0.424. The van der Waals surface area contributed by atoms with E-state index in [0.717, 1.165) is 11.5 Å². The van der Waals surface area contributed by atoms with Gasteiger partial charge in [0.15, 0.2) is 5.16 Å². The Morgan fingerprint density at radius 1 is 1.24 bits per heavy atom. The number of hydrogen-bond donors (Lipinski definition) is 2. The molecular weight excluding hydrogens is 290 g/mol. The lowest BCUT2D eigenvalue weighted by atomic mass is 10.3. The summed E-state index contributed by atoms with van der Waals surface area (Å²) < 4.78 is 1.86. The number of para-hydroxylation sites is 1. The summed E-state index contributed by atoms with van der Waals surface area (Å²) in [6.45, 7) is 1.84. The number of carbonyl (C=O) groups excluding carboxylic acids is 2. The minimum absolute atomic E-state index is 0.0817. The lowest BCUT2D eigenvalue weighted by Crippen LogP contribution is -2.38. The average molecular weight is 305 g/mol. The van der Waals surface area contributed by atoms with Gasteiger partial charge in [0, 0.05) is 12.7 Å². The highest BCUT2D eigenvalue weighted by Crippen LogP contribution is 2.21. The number of nitrogens with zero attached hydrogens (tertiary/aromatic N) is 3. The highest BCUT2D eigenvalue weighted by molar-refractivity contribution is 7.99. The van der Waals surface area contributed by atoms with Crippen LogP contribution in [-0.2, 0) is 4.79 Å². The first-order valence-corrected chi connectivity index (χ1v) is 7.22. The molecule has 0 fully saturated rings. The molecule has 0 bridgehead atoms. The van der Waals surface area contributed by atoms with E-state index in [4.69, 9.17) is 0 Å². The first-order chi connectivity index (χ1) is 10.1. The van der Waals surface area contributed by atoms with Crippen LogP contribution in [0.3, 0.4) is 0 Å². The molecule has 1 aromatic carbocycles. The van der Waals surface area contributed by atoms with Gasteiger partial charge in [-0.3, -0.25) is 14.7 Å². The largest absolute Gasteiger partial charge is 0.341 e. The lowest BCUT2D eigenvalue weighted by Gasteiger charge is -2.08. The van der Waals surface area contributed by atoms with Gasteiger partial charge in [-0.25, -0.2) is 4.79 Å². The summed E-state index contributed by atoms with van der Waals surface area (Å²) in [7, 11) is 1.45. The number of aryl methyl sites for hydroxylation is 1. The second kappa shape index (κ2) is 6.89. The highest BCUT2D eigenvalue weighted by atomic mass is 32.2. The topological polar surface area (TPSA) is 88.9 Å². The monoisotopic (exact) mass is 305 g/mol. The van der Waals surface area contributed by atoms with Gasteiger partial charge in [0.1, 0.15) is 5.82 Å². The number of nitrogens with one attached hydrogen (secondary N) is 2. The molecule has 2 N–H and O–H groups in total. The molecule has 2 rings (SSSR count). The van der Waals surface area contributed by atoms with Crippen molar-refractivity contribution in [3.8, 4) is 5.69 Å². The molecular formula is C13H15N5O2S.